The van der Waals surface area contributed by atoms with Crippen LogP contribution in [0.25, 0.3) is 10.9 Å². The van der Waals surface area contributed by atoms with Crippen LogP contribution in [-0.4, -0.2) is 53.9 Å². The van der Waals surface area contributed by atoms with E-state index in [0.29, 0.717) is 31.7 Å². The largest absolute Gasteiger partial charge is 0.389 e. The van der Waals surface area contributed by atoms with E-state index in [1.807, 2.05) is 48.7 Å². The zero-order chi connectivity index (χ0) is 20.1. The van der Waals surface area contributed by atoms with Crippen LogP contribution in [0.5, 0.6) is 0 Å². The van der Waals surface area contributed by atoms with Crippen molar-refractivity contribution in [3.8, 4) is 0 Å². The third kappa shape index (κ3) is 2.92. The average molecular weight is 410 g/mol. The number of hydrogen-bond acceptors (Lipinski definition) is 5. The van der Waals surface area contributed by atoms with Gasteiger partial charge in [0.15, 0.2) is 0 Å². The van der Waals surface area contributed by atoms with E-state index in [9.17, 15) is 13.5 Å². The monoisotopic (exact) mass is 409 g/mol. The second-order valence-corrected chi connectivity index (χ2v) is 10.2. The molecule has 2 aliphatic heterocycles. The van der Waals surface area contributed by atoms with E-state index >= 15 is 0 Å². The van der Waals surface area contributed by atoms with E-state index in [-0.39, 0.29) is 6.54 Å². The van der Waals surface area contributed by atoms with Crippen LogP contribution < -0.4 is 4.31 Å². The highest BCUT2D eigenvalue weighted by Gasteiger charge is 2.61. The van der Waals surface area contributed by atoms with Gasteiger partial charge >= 0.3 is 0 Å². The van der Waals surface area contributed by atoms with Gasteiger partial charge in [-0.05, 0) is 36.2 Å². The molecule has 0 unspecified atom stereocenters. The molecule has 0 aliphatic carbocycles. The number of nitrogens with zero attached hydrogens (tertiary/aromatic N) is 3. The van der Waals surface area contributed by atoms with Gasteiger partial charge in [0, 0.05) is 31.2 Å². The highest BCUT2D eigenvalue weighted by Crippen LogP contribution is 2.43. The summed E-state index contributed by atoms with van der Waals surface area (Å²) in [5.74, 6) is 0. The number of sulfonamides is 1. The molecule has 0 radical (unpaired) electrons. The molecule has 2 fully saturated rings. The van der Waals surface area contributed by atoms with Crippen LogP contribution in [0.15, 0.2) is 66.9 Å². The summed E-state index contributed by atoms with van der Waals surface area (Å²) in [6.07, 6.45) is 1.37. The van der Waals surface area contributed by atoms with Crippen molar-refractivity contribution in [1.29, 1.82) is 0 Å². The van der Waals surface area contributed by atoms with Crippen molar-refractivity contribution in [2.75, 3.05) is 23.9 Å². The maximum Gasteiger partial charge on any atom is 0.244 e. The summed E-state index contributed by atoms with van der Waals surface area (Å²) in [5.41, 5.74) is 2.60. The van der Waals surface area contributed by atoms with Gasteiger partial charge in [0.25, 0.3) is 0 Å². The maximum atomic E-state index is 13.4. The third-order valence-corrected chi connectivity index (χ3v) is 8.76. The second kappa shape index (κ2) is 6.79. The molecule has 1 spiro atoms. The fourth-order valence-corrected chi connectivity index (χ4v) is 6.90. The molecule has 1 N–H and O–H groups in total. The third-order valence-electron chi connectivity index (χ3n) is 6.19. The molecule has 29 heavy (non-hydrogen) atoms. The zero-order valence-corrected chi connectivity index (χ0v) is 16.8. The molecule has 7 heteroatoms. The van der Waals surface area contributed by atoms with Gasteiger partial charge in [-0.15, -0.1) is 0 Å². The number of aliphatic hydroxyl groups excluding tert-OH is 1. The molecule has 1 aromatic heterocycles. The molecule has 2 aliphatic rings. The first kappa shape index (κ1) is 18.5. The topological polar surface area (TPSA) is 73.7 Å². The normalized spacial score (nSPS) is 26.5. The molecule has 2 saturated heterocycles. The quantitative estimate of drug-likeness (QED) is 0.719. The fraction of sp³-hybridized carbons (Fsp3) is 0.318. The molecule has 6 nitrogen and oxygen atoms in total. The Kier molecular flexibility index (Phi) is 4.34. The molecule has 0 bridgehead atoms. The van der Waals surface area contributed by atoms with Crippen LogP contribution in [0.3, 0.4) is 0 Å². The molecule has 150 valence electrons. The van der Waals surface area contributed by atoms with Gasteiger partial charge in [0.2, 0.25) is 10.0 Å². The predicted molar refractivity (Wildman–Crippen MR) is 113 cm³/mol. The van der Waals surface area contributed by atoms with Gasteiger partial charge in [0.1, 0.15) is 4.75 Å². The Hall–Kier alpha value is -2.48. The standard InChI is InChI=1S/C22H23N3O3S/c26-21-15-25(19-7-2-1-3-8-19)29(27,28)22(21)10-11-24(16-22)14-17-12-18-6-4-5-9-20(18)23-13-17/h1-9,12-13,21,26H,10-11,14-16H2/t21-,22+/m0/s1. The highest BCUT2D eigenvalue weighted by atomic mass is 32.2. The number of anilines is 1. The molecule has 3 heterocycles. The number of β-amino-alcohol motifs (C(OH)–C–C–N with tert-alkyl or cyclic N) is 1. The molecule has 2 aromatic carbocycles. The van der Waals surface area contributed by atoms with Crippen LogP contribution in [0.4, 0.5) is 5.69 Å². The summed E-state index contributed by atoms with van der Waals surface area (Å²) in [5, 5.41) is 11.9. The van der Waals surface area contributed by atoms with Crippen LogP contribution in [0, 0.1) is 0 Å². The summed E-state index contributed by atoms with van der Waals surface area (Å²) in [6.45, 7) is 1.68. The Balaban J connectivity index is 1.39. The zero-order valence-electron chi connectivity index (χ0n) is 16.0. The molecule has 3 aromatic rings. The van der Waals surface area contributed by atoms with E-state index < -0.39 is 20.9 Å². The van der Waals surface area contributed by atoms with E-state index in [1.54, 1.807) is 12.1 Å². The van der Waals surface area contributed by atoms with E-state index in [0.717, 1.165) is 16.5 Å². The van der Waals surface area contributed by atoms with Crippen LogP contribution >= 0.6 is 0 Å². The number of likely N-dealkylation sites (tertiary alicyclic amines) is 1. The summed E-state index contributed by atoms with van der Waals surface area (Å²) < 4.78 is 27.1. The SMILES string of the molecule is O=S1(=O)N(c2ccccc2)C[C@H](O)[C@]12CCN(Cc1cnc3ccccc3c1)C2. The van der Waals surface area contributed by atoms with Gasteiger partial charge in [-0.1, -0.05) is 36.4 Å². The number of pyridine rings is 1. The van der Waals surface area contributed by atoms with Crippen molar-refractivity contribution in [2.24, 2.45) is 0 Å². The fourth-order valence-electron chi connectivity index (χ4n) is 4.61. The lowest BCUT2D eigenvalue weighted by atomic mass is 10.0. The smallest absolute Gasteiger partial charge is 0.244 e. The Morgan fingerprint density at radius 1 is 1.10 bits per heavy atom. The van der Waals surface area contributed by atoms with Gasteiger partial charge in [-0.25, -0.2) is 8.42 Å². The first-order valence-electron chi connectivity index (χ1n) is 9.81. The minimum Gasteiger partial charge on any atom is -0.389 e. The van der Waals surface area contributed by atoms with Gasteiger partial charge in [-0.2, -0.15) is 0 Å². The lowest BCUT2D eigenvalue weighted by molar-refractivity contribution is 0.143. The molecule has 0 saturated carbocycles. The predicted octanol–water partition coefficient (Wildman–Crippen LogP) is 2.39. The molecule has 5 rings (SSSR count). The Morgan fingerprint density at radius 2 is 1.86 bits per heavy atom. The number of aromatic nitrogens is 1. The van der Waals surface area contributed by atoms with Crippen molar-refractivity contribution in [1.82, 2.24) is 9.88 Å². The Morgan fingerprint density at radius 3 is 2.69 bits per heavy atom. The van der Waals surface area contributed by atoms with E-state index in [4.69, 9.17) is 0 Å². The maximum absolute atomic E-state index is 13.4. The van der Waals surface area contributed by atoms with Crippen LogP contribution in [-0.2, 0) is 16.6 Å². The highest BCUT2D eigenvalue weighted by molar-refractivity contribution is 7.94. The molecule has 2 atom stereocenters. The number of fused-ring (bicyclic) bond motifs is 1. The van der Waals surface area contributed by atoms with Crippen LogP contribution in [0.2, 0.25) is 0 Å². The molecule has 0 amide bonds. The van der Waals surface area contributed by atoms with Crippen molar-refractivity contribution >= 4 is 26.6 Å². The first-order chi connectivity index (χ1) is 14.0. The lowest BCUT2D eigenvalue weighted by Gasteiger charge is -2.27. The van der Waals surface area contributed by atoms with Crippen LogP contribution in [0.1, 0.15) is 12.0 Å². The summed E-state index contributed by atoms with van der Waals surface area (Å²) in [6, 6.07) is 19.1. The molecular formula is C22H23N3O3S. The number of hydrogen-bond donors (Lipinski definition) is 1. The lowest BCUT2D eigenvalue weighted by Crippen LogP contribution is -2.47. The van der Waals surface area contributed by atoms with Gasteiger partial charge in [0.05, 0.1) is 23.9 Å². The number of para-hydroxylation sites is 2. The van der Waals surface area contributed by atoms with Crippen molar-refractivity contribution in [2.45, 2.75) is 23.8 Å². The number of benzene rings is 2. The summed E-state index contributed by atoms with van der Waals surface area (Å²) in [7, 11) is -3.66. The first-order valence-corrected chi connectivity index (χ1v) is 11.3. The van der Waals surface area contributed by atoms with Gasteiger partial charge in [-0.3, -0.25) is 14.2 Å². The minimum atomic E-state index is -3.66. The van der Waals surface area contributed by atoms with E-state index in [1.165, 1.54) is 4.31 Å². The van der Waals surface area contributed by atoms with Crippen molar-refractivity contribution < 1.29 is 13.5 Å². The average Bonchev–Trinajstić information content (AvgIpc) is 3.25. The van der Waals surface area contributed by atoms with Crippen molar-refractivity contribution in [3.05, 3.63) is 72.4 Å². The summed E-state index contributed by atoms with van der Waals surface area (Å²) >= 11 is 0. The Bertz CT molecular complexity index is 1150. The number of rotatable bonds is 3. The van der Waals surface area contributed by atoms with E-state index in [2.05, 4.69) is 16.0 Å². The summed E-state index contributed by atoms with van der Waals surface area (Å²) in [4.78, 5) is 6.62. The minimum absolute atomic E-state index is 0.109. The molecular weight excluding hydrogens is 386 g/mol. The number of aliphatic hydroxyl groups is 1. The van der Waals surface area contributed by atoms with Gasteiger partial charge < -0.3 is 5.11 Å². The Labute approximate surface area is 170 Å². The second-order valence-electron chi connectivity index (χ2n) is 7.95. The van der Waals surface area contributed by atoms with Crippen molar-refractivity contribution in [3.63, 3.8) is 0 Å².